The van der Waals surface area contributed by atoms with Gasteiger partial charge in [0.2, 0.25) is 29.5 Å². The predicted molar refractivity (Wildman–Crippen MR) is 181 cm³/mol. The Kier molecular flexibility index (Phi) is 20.8. The van der Waals surface area contributed by atoms with Gasteiger partial charge in [-0.25, -0.2) is 4.79 Å². The lowest BCUT2D eigenvalue weighted by Crippen LogP contribution is -2.60. The number of thioether (sulfide) groups is 2. The Morgan fingerprint density at radius 1 is 0.600 bits per heavy atom. The van der Waals surface area contributed by atoms with Gasteiger partial charge in [-0.1, -0.05) is 41.5 Å². The van der Waals surface area contributed by atoms with Crippen LogP contribution in [0.25, 0.3) is 0 Å². The van der Waals surface area contributed by atoms with Crippen LogP contribution in [0.3, 0.4) is 0 Å². The average molecular weight is 677 g/mol. The lowest BCUT2D eigenvalue weighted by atomic mass is 10.00. The van der Waals surface area contributed by atoms with Crippen molar-refractivity contribution >= 4 is 59.0 Å². The summed E-state index contributed by atoms with van der Waals surface area (Å²) in [4.78, 5) is 77.1. The van der Waals surface area contributed by atoms with Crippen LogP contribution in [0.2, 0.25) is 0 Å². The van der Waals surface area contributed by atoms with Crippen LogP contribution in [0.4, 0.5) is 0 Å². The molecule has 0 saturated heterocycles. The summed E-state index contributed by atoms with van der Waals surface area (Å²) in [5.41, 5.74) is 5.93. The second kappa shape index (κ2) is 22.1. The summed E-state index contributed by atoms with van der Waals surface area (Å²) >= 11 is 2.95. The highest BCUT2D eigenvalue weighted by Crippen LogP contribution is 2.10. The molecule has 260 valence electrons. The molecule has 0 spiro atoms. The number of nitrogens with one attached hydrogen (secondary N) is 5. The molecule has 0 aliphatic rings. The van der Waals surface area contributed by atoms with Gasteiger partial charge in [0.05, 0.1) is 6.04 Å². The topological polar surface area (TPSA) is 209 Å². The van der Waals surface area contributed by atoms with E-state index in [4.69, 9.17) is 5.73 Å². The third-order valence-corrected chi connectivity index (χ3v) is 8.16. The quantitative estimate of drug-likeness (QED) is 0.0869. The lowest BCUT2D eigenvalue weighted by molar-refractivity contribution is -0.143. The summed E-state index contributed by atoms with van der Waals surface area (Å²) in [5.74, 6) is -3.11. The third kappa shape index (κ3) is 17.1. The molecule has 6 atom stereocenters. The van der Waals surface area contributed by atoms with E-state index in [-0.39, 0.29) is 37.0 Å². The largest absolute Gasteiger partial charge is 0.480 e. The highest BCUT2D eigenvalue weighted by molar-refractivity contribution is 7.98. The number of hydrogen-bond acceptors (Lipinski definition) is 9. The molecular formula is C30H56N6O7S2. The predicted octanol–water partition coefficient (Wildman–Crippen LogP) is 1.10. The van der Waals surface area contributed by atoms with E-state index in [0.29, 0.717) is 17.9 Å². The van der Waals surface area contributed by atoms with Gasteiger partial charge in [-0.3, -0.25) is 24.0 Å². The SMILES string of the molecule is CSCC[C@H](NC(=O)[C@H](C)NC(=O)[C@@H](N)CC(C)C)C(=O)N[C@@H](CCSC)C(=O)N[C@H](C(=O)N[C@@H](CC(C)C)C(=O)O)C(C)C. The van der Waals surface area contributed by atoms with Crippen molar-refractivity contribution < 1.29 is 33.9 Å². The summed E-state index contributed by atoms with van der Waals surface area (Å²) in [6.07, 6.45) is 4.91. The maximum atomic E-state index is 13.4. The Balaban J connectivity index is 5.75. The zero-order valence-corrected chi connectivity index (χ0v) is 29.9. The highest BCUT2D eigenvalue weighted by Gasteiger charge is 2.33. The number of carboxylic acid groups (broad SMARTS) is 1. The van der Waals surface area contributed by atoms with Crippen molar-refractivity contribution in [1.82, 2.24) is 26.6 Å². The molecular weight excluding hydrogens is 620 g/mol. The first-order valence-corrected chi connectivity index (χ1v) is 18.2. The van der Waals surface area contributed by atoms with Crippen LogP contribution >= 0.6 is 23.5 Å². The summed E-state index contributed by atoms with van der Waals surface area (Å²) in [6.45, 7) is 12.5. The van der Waals surface area contributed by atoms with Crippen LogP contribution in [-0.2, 0) is 28.8 Å². The monoisotopic (exact) mass is 676 g/mol. The first kappa shape index (κ1) is 42.5. The zero-order chi connectivity index (χ0) is 34.9. The minimum atomic E-state index is -1.17. The minimum absolute atomic E-state index is 0.0193. The number of carboxylic acids is 1. The fourth-order valence-corrected chi connectivity index (χ4v) is 5.26. The van der Waals surface area contributed by atoms with Crippen LogP contribution in [0.15, 0.2) is 0 Å². The fourth-order valence-electron chi connectivity index (χ4n) is 4.32. The van der Waals surface area contributed by atoms with Gasteiger partial charge in [0.25, 0.3) is 0 Å². The normalized spacial score (nSPS) is 15.4. The van der Waals surface area contributed by atoms with Crippen LogP contribution in [0, 0.1) is 17.8 Å². The summed E-state index contributed by atoms with van der Waals surface area (Å²) in [7, 11) is 0. The van der Waals surface area contributed by atoms with E-state index in [2.05, 4.69) is 26.6 Å². The Morgan fingerprint density at radius 3 is 1.47 bits per heavy atom. The van der Waals surface area contributed by atoms with E-state index in [1.807, 2.05) is 40.2 Å². The number of aliphatic carboxylic acids is 1. The molecule has 13 nitrogen and oxygen atoms in total. The fraction of sp³-hybridized carbons (Fsp3) is 0.800. The summed E-state index contributed by atoms with van der Waals surface area (Å²) < 4.78 is 0. The van der Waals surface area contributed by atoms with E-state index in [9.17, 15) is 33.9 Å². The number of carbonyl (C=O) groups is 6. The van der Waals surface area contributed by atoms with Gasteiger partial charge < -0.3 is 37.4 Å². The van der Waals surface area contributed by atoms with E-state index in [0.717, 1.165) is 0 Å². The molecule has 8 N–H and O–H groups in total. The summed E-state index contributed by atoms with van der Waals surface area (Å²) in [6, 6.07) is -5.89. The Bertz CT molecular complexity index is 982. The van der Waals surface area contributed by atoms with Crippen molar-refractivity contribution in [2.24, 2.45) is 23.5 Å². The first-order chi connectivity index (χ1) is 20.9. The Morgan fingerprint density at radius 2 is 1.04 bits per heavy atom. The number of nitrogens with two attached hydrogens (primary N) is 1. The molecule has 15 heteroatoms. The Labute approximate surface area is 276 Å². The molecule has 0 aliphatic heterocycles. The molecule has 0 unspecified atom stereocenters. The highest BCUT2D eigenvalue weighted by atomic mass is 32.2. The van der Waals surface area contributed by atoms with Crippen LogP contribution in [0.1, 0.15) is 74.1 Å². The van der Waals surface area contributed by atoms with E-state index in [1.165, 1.54) is 30.4 Å². The molecule has 0 radical (unpaired) electrons. The van der Waals surface area contributed by atoms with Crippen molar-refractivity contribution in [1.29, 1.82) is 0 Å². The van der Waals surface area contributed by atoms with Gasteiger partial charge in [0, 0.05) is 0 Å². The second-order valence-electron chi connectivity index (χ2n) is 12.4. The number of carbonyl (C=O) groups excluding carboxylic acids is 5. The molecule has 0 aromatic rings. The van der Waals surface area contributed by atoms with Crippen molar-refractivity contribution in [3.63, 3.8) is 0 Å². The van der Waals surface area contributed by atoms with Gasteiger partial charge in [0.1, 0.15) is 30.2 Å². The maximum absolute atomic E-state index is 13.4. The number of amides is 5. The van der Waals surface area contributed by atoms with Gasteiger partial charge >= 0.3 is 5.97 Å². The third-order valence-electron chi connectivity index (χ3n) is 6.87. The molecule has 5 amide bonds. The van der Waals surface area contributed by atoms with Crippen LogP contribution in [0.5, 0.6) is 0 Å². The van der Waals surface area contributed by atoms with Gasteiger partial charge in [-0.05, 0) is 74.4 Å². The average Bonchev–Trinajstić information content (AvgIpc) is 2.94. The van der Waals surface area contributed by atoms with Crippen molar-refractivity contribution in [3.8, 4) is 0 Å². The smallest absolute Gasteiger partial charge is 0.326 e. The molecule has 0 aliphatic carbocycles. The molecule has 45 heavy (non-hydrogen) atoms. The molecule has 0 aromatic heterocycles. The molecule has 0 bridgehead atoms. The van der Waals surface area contributed by atoms with E-state index in [1.54, 1.807) is 13.8 Å². The maximum Gasteiger partial charge on any atom is 0.326 e. The van der Waals surface area contributed by atoms with Crippen LogP contribution < -0.4 is 32.3 Å². The lowest BCUT2D eigenvalue weighted by Gasteiger charge is -2.28. The van der Waals surface area contributed by atoms with Gasteiger partial charge in [0.15, 0.2) is 0 Å². The standard InChI is InChI=1S/C30H56N6O7S2/c1-16(2)14-20(31)26(38)32-19(7)25(37)33-21(10-12-44-8)27(39)34-22(11-13-45-9)28(40)36-24(18(5)6)29(41)35-23(30(42)43)15-17(3)4/h16-24H,10-15,31H2,1-9H3,(H,32,38)(H,33,37)(H,34,39)(H,35,41)(H,36,40)(H,42,43)/t19-,20-,21-,22-,23-,24-/m0/s1. The van der Waals surface area contributed by atoms with E-state index >= 15 is 0 Å². The second-order valence-corrected chi connectivity index (χ2v) is 14.4. The molecule has 0 saturated carbocycles. The van der Waals surface area contributed by atoms with Crippen molar-refractivity contribution in [2.75, 3.05) is 24.0 Å². The van der Waals surface area contributed by atoms with Crippen LogP contribution in [-0.4, -0.2) is 101 Å². The van der Waals surface area contributed by atoms with Gasteiger partial charge in [-0.15, -0.1) is 0 Å². The first-order valence-electron chi connectivity index (χ1n) is 15.4. The minimum Gasteiger partial charge on any atom is -0.480 e. The molecule has 0 aromatic carbocycles. The number of rotatable bonds is 22. The van der Waals surface area contributed by atoms with Crippen molar-refractivity contribution in [3.05, 3.63) is 0 Å². The van der Waals surface area contributed by atoms with Gasteiger partial charge in [-0.2, -0.15) is 23.5 Å². The number of hydrogen-bond donors (Lipinski definition) is 7. The molecule has 0 fully saturated rings. The summed E-state index contributed by atoms with van der Waals surface area (Å²) in [5, 5.41) is 22.8. The molecule has 0 rings (SSSR count). The zero-order valence-electron chi connectivity index (χ0n) is 28.2. The van der Waals surface area contributed by atoms with E-state index < -0.39 is 71.8 Å². The van der Waals surface area contributed by atoms with Crippen molar-refractivity contribution in [2.45, 2.75) is 110 Å². The molecule has 0 heterocycles. The Hall–Kier alpha value is -2.52.